The van der Waals surface area contributed by atoms with Crippen molar-refractivity contribution in [3.63, 3.8) is 0 Å². The highest BCUT2D eigenvalue weighted by Gasteiger charge is 2.32. The average molecular weight is 667 g/mol. The molecule has 4 aromatic rings. The topological polar surface area (TPSA) is 89.5 Å². The first-order valence-corrected chi connectivity index (χ1v) is 18.6. The van der Waals surface area contributed by atoms with Gasteiger partial charge in [-0.25, -0.2) is 9.13 Å². The van der Waals surface area contributed by atoms with Crippen LogP contribution in [0.15, 0.2) is 97.1 Å². The van der Waals surface area contributed by atoms with Crippen LogP contribution in [0.25, 0.3) is 0 Å². The standard InChI is InChI=1S/C36H44O8P2/c1-29-11-19-33(20-12-29)41-45(37,42-34-21-13-30(2)14-22-34)39-27-9-7-5-6-8-10-28-40-46(38,43-35-23-15-31(3)16-24-35)44-36-25-17-32(4)18-26-36/h11-26H,5-10,27-28H2,1-4H3. The van der Waals surface area contributed by atoms with E-state index < -0.39 is 15.6 Å². The van der Waals surface area contributed by atoms with Gasteiger partial charge in [-0.05, 0) is 89.1 Å². The summed E-state index contributed by atoms with van der Waals surface area (Å²) in [6, 6.07) is 29.0. The van der Waals surface area contributed by atoms with Crippen LogP contribution in [0.3, 0.4) is 0 Å². The van der Waals surface area contributed by atoms with Gasteiger partial charge in [-0.1, -0.05) is 96.5 Å². The van der Waals surface area contributed by atoms with Gasteiger partial charge in [-0.2, -0.15) is 0 Å². The molecule has 0 N–H and O–H groups in total. The van der Waals surface area contributed by atoms with Gasteiger partial charge in [0.15, 0.2) is 0 Å². The van der Waals surface area contributed by atoms with Crippen LogP contribution in [0.2, 0.25) is 0 Å². The minimum absolute atomic E-state index is 0.230. The van der Waals surface area contributed by atoms with Gasteiger partial charge in [0.1, 0.15) is 23.0 Å². The molecule has 0 atom stereocenters. The molecule has 0 fully saturated rings. The van der Waals surface area contributed by atoms with Gasteiger partial charge in [0.25, 0.3) is 0 Å². The van der Waals surface area contributed by atoms with E-state index >= 15 is 0 Å². The molecule has 46 heavy (non-hydrogen) atoms. The zero-order valence-corrected chi connectivity index (χ0v) is 28.8. The molecule has 0 bridgehead atoms. The maximum absolute atomic E-state index is 13.5. The summed E-state index contributed by atoms with van der Waals surface area (Å²) in [5, 5.41) is 0. The molecule has 4 rings (SSSR count). The third-order valence-electron chi connectivity index (χ3n) is 6.99. The summed E-state index contributed by atoms with van der Waals surface area (Å²) in [7, 11) is -7.81. The Bertz CT molecular complexity index is 1350. The molecule has 8 nitrogen and oxygen atoms in total. The molecule has 0 aliphatic carbocycles. The molecule has 0 aliphatic heterocycles. The second-order valence-corrected chi connectivity index (χ2v) is 14.3. The SMILES string of the molecule is Cc1ccc(OP(=O)(OCCCCCCCCOP(=O)(Oc2ccc(C)cc2)Oc2ccc(C)cc2)Oc2ccc(C)cc2)cc1. The van der Waals surface area contributed by atoms with Gasteiger partial charge in [0.05, 0.1) is 13.2 Å². The van der Waals surface area contributed by atoms with Gasteiger partial charge >= 0.3 is 15.6 Å². The van der Waals surface area contributed by atoms with Gasteiger partial charge < -0.3 is 18.1 Å². The molecule has 0 saturated heterocycles. The van der Waals surface area contributed by atoms with Crippen LogP contribution in [0.4, 0.5) is 0 Å². The number of unbranched alkanes of at least 4 members (excludes halogenated alkanes) is 5. The van der Waals surface area contributed by atoms with Crippen molar-refractivity contribution in [3.8, 4) is 23.0 Å². The minimum Gasteiger partial charge on any atom is -0.395 e. The van der Waals surface area contributed by atoms with Crippen molar-refractivity contribution in [2.75, 3.05) is 13.2 Å². The normalized spacial score (nSPS) is 11.7. The number of phosphoric acid groups is 2. The van der Waals surface area contributed by atoms with Crippen LogP contribution in [0.5, 0.6) is 23.0 Å². The van der Waals surface area contributed by atoms with Crippen LogP contribution in [0.1, 0.15) is 60.8 Å². The fourth-order valence-corrected chi connectivity index (χ4v) is 6.83. The van der Waals surface area contributed by atoms with Crippen molar-refractivity contribution < 1.29 is 36.3 Å². The Morgan fingerprint density at radius 2 is 0.587 bits per heavy atom. The first kappa shape index (κ1) is 35.3. The van der Waals surface area contributed by atoms with E-state index in [9.17, 15) is 9.13 Å². The van der Waals surface area contributed by atoms with Gasteiger partial charge in [0, 0.05) is 0 Å². The first-order valence-electron chi connectivity index (χ1n) is 15.6. The highest BCUT2D eigenvalue weighted by atomic mass is 31.2. The lowest BCUT2D eigenvalue weighted by molar-refractivity contribution is 0.201. The van der Waals surface area contributed by atoms with Gasteiger partial charge in [-0.15, -0.1) is 0 Å². The van der Waals surface area contributed by atoms with Crippen LogP contribution in [-0.4, -0.2) is 13.2 Å². The van der Waals surface area contributed by atoms with Crippen LogP contribution < -0.4 is 18.1 Å². The summed E-state index contributed by atoms with van der Waals surface area (Å²) in [6.07, 6.45) is 5.03. The second-order valence-electron chi connectivity index (χ2n) is 11.3. The number of benzene rings is 4. The Hall–Kier alpha value is -3.54. The monoisotopic (exact) mass is 666 g/mol. The third-order valence-corrected chi connectivity index (χ3v) is 9.73. The highest BCUT2D eigenvalue weighted by molar-refractivity contribution is 7.49. The van der Waals surface area contributed by atoms with Crippen molar-refractivity contribution in [1.82, 2.24) is 0 Å². The zero-order valence-electron chi connectivity index (χ0n) is 27.1. The predicted octanol–water partition coefficient (Wildman–Crippen LogP) is 11.1. The summed E-state index contributed by atoms with van der Waals surface area (Å²) in [5.41, 5.74) is 4.26. The van der Waals surface area contributed by atoms with Crippen molar-refractivity contribution in [2.24, 2.45) is 0 Å². The number of hydrogen-bond acceptors (Lipinski definition) is 8. The van der Waals surface area contributed by atoms with Crippen molar-refractivity contribution >= 4 is 15.6 Å². The molecular formula is C36H44O8P2. The number of aryl methyl sites for hydroxylation is 4. The molecule has 0 amide bonds. The van der Waals surface area contributed by atoms with E-state index in [0.717, 1.165) is 47.9 Å². The van der Waals surface area contributed by atoms with Crippen molar-refractivity contribution in [2.45, 2.75) is 66.2 Å². The summed E-state index contributed by atoms with van der Waals surface area (Å²) in [5.74, 6) is 1.67. The molecule has 0 radical (unpaired) electrons. The van der Waals surface area contributed by atoms with E-state index in [2.05, 4.69) is 0 Å². The third kappa shape index (κ3) is 12.3. The summed E-state index contributed by atoms with van der Waals surface area (Å²) in [6.45, 7) is 8.33. The molecule has 0 spiro atoms. The fourth-order valence-electron chi connectivity index (χ4n) is 4.32. The van der Waals surface area contributed by atoms with E-state index in [0.29, 0.717) is 35.8 Å². The average Bonchev–Trinajstić information content (AvgIpc) is 3.03. The predicted molar refractivity (Wildman–Crippen MR) is 182 cm³/mol. The Morgan fingerprint density at radius 3 is 0.826 bits per heavy atom. The zero-order chi connectivity index (χ0) is 32.8. The quantitative estimate of drug-likeness (QED) is 0.0721. The highest BCUT2D eigenvalue weighted by Crippen LogP contribution is 2.51. The van der Waals surface area contributed by atoms with E-state index in [-0.39, 0.29) is 13.2 Å². The molecule has 4 aromatic carbocycles. The maximum Gasteiger partial charge on any atom is 0.587 e. The minimum atomic E-state index is -3.90. The molecule has 246 valence electrons. The largest absolute Gasteiger partial charge is 0.587 e. The summed E-state index contributed by atoms with van der Waals surface area (Å²) < 4.78 is 61.5. The smallest absolute Gasteiger partial charge is 0.395 e. The molecule has 0 aromatic heterocycles. The van der Waals surface area contributed by atoms with Gasteiger partial charge in [0.2, 0.25) is 0 Å². The van der Waals surface area contributed by atoms with Crippen molar-refractivity contribution in [1.29, 1.82) is 0 Å². The van der Waals surface area contributed by atoms with E-state index in [1.165, 1.54) is 0 Å². The van der Waals surface area contributed by atoms with Crippen LogP contribution in [-0.2, 0) is 18.2 Å². The Labute approximate surface area is 273 Å². The lowest BCUT2D eigenvalue weighted by atomic mass is 10.1. The lowest BCUT2D eigenvalue weighted by Crippen LogP contribution is -2.06. The molecule has 0 saturated carbocycles. The molecular weight excluding hydrogens is 622 g/mol. The Kier molecular flexibility index (Phi) is 13.4. The van der Waals surface area contributed by atoms with E-state index in [1.54, 1.807) is 48.5 Å². The van der Waals surface area contributed by atoms with Gasteiger partial charge in [-0.3, -0.25) is 9.05 Å². The number of hydrogen-bond donors (Lipinski definition) is 0. The lowest BCUT2D eigenvalue weighted by Gasteiger charge is -2.19. The molecule has 10 heteroatoms. The van der Waals surface area contributed by atoms with Crippen molar-refractivity contribution in [3.05, 3.63) is 119 Å². The Balaban J connectivity index is 1.19. The second kappa shape index (κ2) is 17.4. The van der Waals surface area contributed by atoms with Crippen LogP contribution >= 0.6 is 15.6 Å². The first-order chi connectivity index (χ1) is 22.1. The molecule has 0 aliphatic rings. The van der Waals surface area contributed by atoms with E-state index in [4.69, 9.17) is 27.1 Å². The molecule has 0 heterocycles. The van der Waals surface area contributed by atoms with E-state index in [1.807, 2.05) is 76.2 Å². The maximum atomic E-state index is 13.5. The van der Waals surface area contributed by atoms with Crippen LogP contribution in [0, 0.1) is 27.7 Å². The Morgan fingerprint density at radius 1 is 0.370 bits per heavy atom. The summed E-state index contributed by atoms with van der Waals surface area (Å²) in [4.78, 5) is 0. The fraction of sp³-hybridized carbons (Fsp3) is 0.333. The summed E-state index contributed by atoms with van der Waals surface area (Å²) >= 11 is 0. The number of rotatable bonds is 19. The molecule has 0 unspecified atom stereocenters. The number of phosphoric ester groups is 2.